The number of nitrogens with one attached hydrogen (secondary N) is 1. The van der Waals surface area contributed by atoms with E-state index in [1.807, 2.05) is 32.2 Å². The lowest BCUT2D eigenvalue weighted by molar-refractivity contribution is 0.187. The van der Waals surface area contributed by atoms with Crippen molar-refractivity contribution in [3.63, 3.8) is 0 Å². The second-order valence-electron chi connectivity index (χ2n) is 6.39. The van der Waals surface area contributed by atoms with E-state index in [1.54, 1.807) is 0 Å². The van der Waals surface area contributed by atoms with E-state index in [0.29, 0.717) is 10.7 Å². The Bertz CT molecular complexity index is 789. The van der Waals surface area contributed by atoms with Gasteiger partial charge in [-0.2, -0.15) is 0 Å². The number of hydrogen-bond donors (Lipinski definition) is 2. The molecule has 7 heteroatoms. The summed E-state index contributed by atoms with van der Waals surface area (Å²) in [6.07, 6.45) is 2.36. The topological polar surface area (TPSA) is 78.4 Å². The Labute approximate surface area is 151 Å². The van der Waals surface area contributed by atoms with Crippen LogP contribution in [0.1, 0.15) is 24.0 Å². The van der Waals surface area contributed by atoms with Gasteiger partial charge in [-0.15, -0.1) is 0 Å². The Morgan fingerprint density at radius 3 is 2.64 bits per heavy atom. The van der Waals surface area contributed by atoms with E-state index in [1.165, 1.54) is 0 Å². The van der Waals surface area contributed by atoms with Gasteiger partial charge in [-0.3, -0.25) is 4.98 Å². The molecular weight excluding hydrogens is 340 g/mol. The van der Waals surface area contributed by atoms with Gasteiger partial charge in [0.2, 0.25) is 0 Å². The molecule has 2 aromatic rings. The molecule has 0 radical (unpaired) electrons. The van der Waals surface area contributed by atoms with Gasteiger partial charge in [-0.05, 0) is 49.9 Å². The van der Waals surface area contributed by atoms with E-state index in [0.717, 1.165) is 48.6 Å². The molecule has 132 valence electrons. The summed E-state index contributed by atoms with van der Waals surface area (Å²) in [7, 11) is 0. The summed E-state index contributed by atoms with van der Waals surface area (Å²) in [5, 5.41) is 12.0. The van der Waals surface area contributed by atoms with Crippen LogP contribution in [0, 0.1) is 13.8 Å². The van der Waals surface area contributed by atoms with Gasteiger partial charge >= 0.3 is 6.09 Å². The first-order chi connectivity index (χ1) is 11.9. The van der Waals surface area contributed by atoms with Crippen LogP contribution >= 0.6 is 11.6 Å². The Kier molecular flexibility index (Phi) is 5.08. The number of piperidine rings is 1. The minimum Gasteiger partial charge on any atom is -0.465 e. The van der Waals surface area contributed by atoms with E-state index < -0.39 is 6.09 Å². The van der Waals surface area contributed by atoms with Gasteiger partial charge in [-0.25, -0.2) is 9.78 Å². The Hall–Kier alpha value is -2.34. The maximum absolute atomic E-state index is 10.8. The molecule has 3 heterocycles. The second-order valence-corrected chi connectivity index (χ2v) is 6.80. The normalized spacial score (nSPS) is 15.2. The van der Waals surface area contributed by atoms with E-state index >= 15 is 0 Å². The molecule has 0 bridgehead atoms. The second kappa shape index (κ2) is 7.27. The third kappa shape index (κ3) is 4.02. The summed E-state index contributed by atoms with van der Waals surface area (Å²) in [6, 6.07) is 5.82. The van der Waals surface area contributed by atoms with Crippen LogP contribution in [0.2, 0.25) is 5.02 Å². The summed E-state index contributed by atoms with van der Waals surface area (Å²) >= 11 is 6.37. The van der Waals surface area contributed by atoms with E-state index in [9.17, 15) is 4.79 Å². The van der Waals surface area contributed by atoms with Crippen molar-refractivity contribution >= 4 is 23.5 Å². The van der Waals surface area contributed by atoms with Crippen LogP contribution < -0.4 is 10.2 Å². The third-order valence-electron chi connectivity index (χ3n) is 4.42. The van der Waals surface area contributed by atoms with Crippen LogP contribution in [-0.4, -0.2) is 40.3 Å². The number of carboxylic acid groups (broad SMARTS) is 1. The summed E-state index contributed by atoms with van der Waals surface area (Å²) in [5.74, 6) is 0.843. The van der Waals surface area contributed by atoms with Gasteiger partial charge in [0.15, 0.2) is 0 Å². The van der Waals surface area contributed by atoms with Gasteiger partial charge in [0.1, 0.15) is 11.5 Å². The lowest BCUT2D eigenvalue weighted by atomic mass is 10.1. The summed E-state index contributed by atoms with van der Waals surface area (Å²) in [4.78, 5) is 22.1. The van der Waals surface area contributed by atoms with Crippen LogP contribution in [-0.2, 0) is 0 Å². The number of rotatable bonds is 3. The number of amides is 1. The van der Waals surface area contributed by atoms with E-state index in [4.69, 9.17) is 21.7 Å². The van der Waals surface area contributed by atoms with Crippen molar-refractivity contribution in [1.82, 2.24) is 15.3 Å². The monoisotopic (exact) mass is 360 g/mol. The van der Waals surface area contributed by atoms with Crippen molar-refractivity contribution in [3.05, 3.63) is 40.5 Å². The molecule has 0 unspecified atom stereocenters. The molecule has 1 aliphatic heterocycles. The highest BCUT2D eigenvalue weighted by molar-refractivity contribution is 6.33. The van der Waals surface area contributed by atoms with Crippen LogP contribution in [0.3, 0.4) is 0 Å². The molecule has 0 aliphatic carbocycles. The first-order valence-corrected chi connectivity index (χ1v) is 8.66. The van der Waals surface area contributed by atoms with Crippen molar-refractivity contribution in [2.24, 2.45) is 0 Å². The highest BCUT2D eigenvalue weighted by Crippen LogP contribution is 2.30. The molecular formula is C18H21ClN4O2. The Balaban J connectivity index is 1.82. The average Bonchev–Trinajstić information content (AvgIpc) is 2.56. The highest BCUT2D eigenvalue weighted by atomic mass is 35.5. The van der Waals surface area contributed by atoms with Gasteiger partial charge in [0, 0.05) is 25.3 Å². The number of carbonyl (C=O) groups is 1. The van der Waals surface area contributed by atoms with Crippen molar-refractivity contribution in [1.29, 1.82) is 0 Å². The quantitative estimate of drug-likeness (QED) is 0.873. The van der Waals surface area contributed by atoms with Gasteiger partial charge < -0.3 is 15.3 Å². The number of anilines is 1. The summed E-state index contributed by atoms with van der Waals surface area (Å²) < 4.78 is 0. The van der Waals surface area contributed by atoms with Crippen LogP contribution in [0.5, 0.6) is 0 Å². The number of pyridine rings is 2. The molecule has 6 nitrogen and oxygen atoms in total. The smallest absolute Gasteiger partial charge is 0.404 e. The van der Waals surface area contributed by atoms with Crippen LogP contribution in [0.15, 0.2) is 24.4 Å². The molecule has 25 heavy (non-hydrogen) atoms. The van der Waals surface area contributed by atoms with Gasteiger partial charge in [0.25, 0.3) is 0 Å². The molecule has 1 fully saturated rings. The van der Waals surface area contributed by atoms with E-state index in [-0.39, 0.29) is 6.04 Å². The lowest BCUT2D eigenvalue weighted by Gasteiger charge is -2.32. The number of nitrogens with zero attached hydrogens (tertiary/aromatic N) is 3. The summed E-state index contributed by atoms with van der Waals surface area (Å²) in [6.45, 7) is 5.51. The highest BCUT2D eigenvalue weighted by Gasteiger charge is 2.22. The Morgan fingerprint density at radius 2 is 2.00 bits per heavy atom. The zero-order valence-electron chi connectivity index (χ0n) is 14.3. The fraction of sp³-hybridized carbons (Fsp3) is 0.389. The molecule has 2 aromatic heterocycles. The molecule has 1 saturated heterocycles. The van der Waals surface area contributed by atoms with Crippen molar-refractivity contribution in [3.8, 4) is 11.4 Å². The van der Waals surface area contributed by atoms with Crippen molar-refractivity contribution in [2.75, 3.05) is 18.0 Å². The summed E-state index contributed by atoms with van der Waals surface area (Å²) in [5.41, 5.74) is 3.61. The molecule has 0 atom stereocenters. The number of aryl methyl sites for hydroxylation is 2. The van der Waals surface area contributed by atoms with Crippen molar-refractivity contribution < 1.29 is 9.90 Å². The maximum atomic E-state index is 10.8. The largest absolute Gasteiger partial charge is 0.465 e. The minimum atomic E-state index is -0.966. The fourth-order valence-electron chi connectivity index (χ4n) is 3.16. The molecule has 0 aromatic carbocycles. The number of hydrogen-bond acceptors (Lipinski definition) is 4. The fourth-order valence-corrected chi connectivity index (χ4v) is 3.36. The molecule has 1 amide bonds. The predicted molar refractivity (Wildman–Crippen MR) is 98.3 cm³/mol. The molecule has 3 rings (SSSR count). The third-order valence-corrected chi connectivity index (χ3v) is 4.72. The lowest BCUT2D eigenvalue weighted by Crippen LogP contribution is -2.44. The molecule has 1 aliphatic rings. The van der Waals surface area contributed by atoms with E-state index in [2.05, 4.69) is 21.3 Å². The zero-order valence-corrected chi connectivity index (χ0v) is 15.0. The van der Waals surface area contributed by atoms with Crippen LogP contribution in [0.4, 0.5) is 10.6 Å². The van der Waals surface area contributed by atoms with Crippen molar-refractivity contribution in [2.45, 2.75) is 32.7 Å². The molecule has 0 spiro atoms. The van der Waals surface area contributed by atoms with Gasteiger partial charge in [0.05, 0.1) is 10.7 Å². The molecule has 2 N–H and O–H groups in total. The maximum Gasteiger partial charge on any atom is 0.404 e. The Morgan fingerprint density at radius 1 is 1.28 bits per heavy atom. The first kappa shape index (κ1) is 17.5. The minimum absolute atomic E-state index is 0.00142. The SMILES string of the molecule is Cc1cnc(-c2nc(N3CCC(NC(=O)O)CC3)ccc2Cl)c(C)c1. The number of aromatic nitrogens is 2. The zero-order chi connectivity index (χ0) is 18.0. The standard InChI is InChI=1S/C18H21ClN4O2/c1-11-9-12(2)16(20-10-11)17-14(19)3-4-15(22-17)23-7-5-13(6-8-23)21-18(24)25/h3-4,9-10,13,21H,5-8H2,1-2H3,(H,24,25). The number of halogens is 1. The predicted octanol–water partition coefficient (Wildman–Crippen LogP) is 3.65. The first-order valence-electron chi connectivity index (χ1n) is 8.28. The molecule has 0 saturated carbocycles. The van der Waals surface area contributed by atoms with Gasteiger partial charge in [-0.1, -0.05) is 17.7 Å². The average molecular weight is 361 g/mol. The van der Waals surface area contributed by atoms with Crippen LogP contribution in [0.25, 0.3) is 11.4 Å².